The number of aliphatic hydroxyl groups excluding tert-OH is 1. The van der Waals surface area contributed by atoms with E-state index in [1.807, 2.05) is 0 Å². The molecule has 0 aliphatic heterocycles. The van der Waals surface area contributed by atoms with Crippen LogP contribution < -0.4 is 0 Å². The molecule has 22 heavy (non-hydrogen) atoms. The van der Waals surface area contributed by atoms with Gasteiger partial charge in [-0.05, 0) is 75.5 Å². The molecule has 4 aliphatic rings. The van der Waals surface area contributed by atoms with E-state index < -0.39 is 5.60 Å². The van der Waals surface area contributed by atoms with E-state index in [9.17, 15) is 10.2 Å². The van der Waals surface area contributed by atoms with Crippen LogP contribution in [0, 0.1) is 35.5 Å². The molecule has 2 unspecified atom stereocenters. The third kappa shape index (κ3) is 1.82. The molecule has 4 aliphatic carbocycles. The molecule has 0 radical (unpaired) electrons. The van der Waals surface area contributed by atoms with Crippen molar-refractivity contribution in [1.82, 2.24) is 0 Å². The number of hydrogen-bond donors (Lipinski definition) is 2. The van der Waals surface area contributed by atoms with E-state index in [-0.39, 0.29) is 11.5 Å². The van der Waals surface area contributed by atoms with E-state index >= 15 is 0 Å². The van der Waals surface area contributed by atoms with E-state index in [2.05, 4.69) is 12.8 Å². The topological polar surface area (TPSA) is 40.5 Å². The second-order valence-electron chi connectivity index (χ2n) is 8.44. The van der Waals surface area contributed by atoms with Crippen molar-refractivity contribution >= 4 is 0 Å². The molecular formula is C20H28O2. The van der Waals surface area contributed by atoms with Crippen LogP contribution in [-0.4, -0.2) is 21.9 Å². The molecule has 0 aromatic rings. The van der Waals surface area contributed by atoms with Gasteiger partial charge in [0.2, 0.25) is 0 Å². The monoisotopic (exact) mass is 300 g/mol. The van der Waals surface area contributed by atoms with Crippen molar-refractivity contribution < 1.29 is 10.2 Å². The lowest BCUT2D eigenvalue weighted by Gasteiger charge is -2.53. The van der Waals surface area contributed by atoms with E-state index in [0.29, 0.717) is 17.8 Å². The van der Waals surface area contributed by atoms with Crippen LogP contribution in [0.15, 0.2) is 11.1 Å². The summed E-state index contributed by atoms with van der Waals surface area (Å²) in [6.45, 7) is 2.25. The minimum atomic E-state index is -0.889. The molecule has 0 bridgehead atoms. The molecule has 6 atom stereocenters. The van der Waals surface area contributed by atoms with Crippen molar-refractivity contribution in [2.45, 2.75) is 76.4 Å². The van der Waals surface area contributed by atoms with Gasteiger partial charge in [0.05, 0.1) is 6.10 Å². The standard InChI is InChI=1S/C20H28O2/c1-3-20(22)11-9-18-17-6-4-13-12-14(21)5-7-15(13)16(17)8-10-19(18,20)2/h1,14,16-18,21-22H,4-12H2,2H3/t14?,16-,17-,18+,19+,20?/m1/s1. The first kappa shape index (κ1) is 14.8. The Labute approximate surface area is 134 Å². The average Bonchev–Trinajstić information content (AvgIpc) is 2.79. The third-order valence-corrected chi connectivity index (χ3v) is 7.74. The minimum absolute atomic E-state index is 0.0881. The first-order chi connectivity index (χ1) is 10.5. The molecule has 120 valence electrons. The van der Waals surface area contributed by atoms with Crippen LogP contribution in [0.2, 0.25) is 0 Å². The highest BCUT2D eigenvalue weighted by molar-refractivity contribution is 5.30. The predicted octanol–water partition coefficient (Wildman–Crippen LogP) is 3.43. The Kier molecular flexibility index (Phi) is 3.26. The summed E-state index contributed by atoms with van der Waals surface area (Å²) in [5, 5.41) is 20.9. The van der Waals surface area contributed by atoms with Gasteiger partial charge in [-0.1, -0.05) is 24.0 Å². The van der Waals surface area contributed by atoms with Crippen molar-refractivity contribution in [3.8, 4) is 12.3 Å². The highest BCUT2D eigenvalue weighted by atomic mass is 16.3. The summed E-state index contributed by atoms with van der Waals surface area (Å²) in [6.07, 6.45) is 15.0. The van der Waals surface area contributed by atoms with Gasteiger partial charge in [-0.15, -0.1) is 6.42 Å². The van der Waals surface area contributed by atoms with Crippen LogP contribution in [0.4, 0.5) is 0 Å². The Bertz CT molecular complexity index is 557. The summed E-state index contributed by atoms with van der Waals surface area (Å²) in [4.78, 5) is 0. The van der Waals surface area contributed by atoms with E-state index in [4.69, 9.17) is 6.42 Å². The molecule has 2 N–H and O–H groups in total. The predicted molar refractivity (Wildman–Crippen MR) is 86.9 cm³/mol. The summed E-state index contributed by atoms with van der Waals surface area (Å²) in [5.74, 6) is 4.73. The quantitative estimate of drug-likeness (QED) is 0.531. The van der Waals surface area contributed by atoms with Gasteiger partial charge in [0, 0.05) is 5.41 Å². The van der Waals surface area contributed by atoms with Crippen LogP contribution in [0.5, 0.6) is 0 Å². The lowest BCUT2D eigenvalue weighted by molar-refractivity contribution is -0.0714. The molecule has 2 fully saturated rings. The fraction of sp³-hybridized carbons (Fsp3) is 0.800. The van der Waals surface area contributed by atoms with Crippen LogP contribution >= 0.6 is 0 Å². The van der Waals surface area contributed by atoms with Gasteiger partial charge in [-0.2, -0.15) is 0 Å². The summed E-state index contributed by atoms with van der Waals surface area (Å²) in [5.41, 5.74) is 2.27. The van der Waals surface area contributed by atoms with Crippen molar-refractivity contribution in [2.24, 2.45) is 23.2 Å². The van der Waals surface area contributed by atoms with E-state index in [1.54, 1.807) is 11.1 Å². The first-order valence-corrected chi connectivity index (χ1v) is 9.07. The Balaban J connectivity index is 1.66. The number of fused-ring (bicyclic) bond motifs is 4. The maximum Gasteiger partial charge on any atom is 0.130 e. The zero-order chi connectivity index (χ0) is 15.5. The number of hydrogen-bond acceptors (Lipinski definition) is 2. The zero-order valence-electron chi connectivity index (χ0n) is 13.6. The Hall–Kier alpha value is -0.780. The lowest BCUT2D eigenvalue weighted by Crippen LogP contribution is -2.50. The molecule has 0 aromatic heterocycles. The van der Waals surface area contributed by atoms with E-state index in [0.717, 1.165) is 44.9 Å². The minimum Gasteiger partial charge on any atom is -0.393 e. The molecule has 0 heterocycles. The molecule has 0 spiro atoms. The number of terminal acetylenes is 1. The largest absolute Gasteiger partial charge is 0.393 e. The second-order valence-corrected chi connectivity index (χ2v) is 8.44. The number of allylic oxidation sites excluding steroid dienone is 1. The maximum atomic E-state index is 10.9. The summed E-state index contributed by atoms with van der Waals surface area (Å²) >= 11 is 0. The number of rotatable bonds is 0. The van der Waals surface area contributed by atoms with Gasteiger partial charge in [0.25, 0.3) is 0 Å². The Morgan fingerprint density at radius 3 is 2.73 bits per heavy atom. The van der Waals surface area contributed by atoms with Crippen molar-refractivity contribution in [3.63, 3.8) is 0 Å². The van der Waals surface area contributed by atoms with Crippen LogP contribution in [0.25, 0.3) is 0 Å². The molecular weight excluding hydrogens is 272 g/mol. The smallest absolute Gasteiger partial charge is 0.130 e. The van der Waals surface area contributed by atoms with Gasteiger partial charge in [0.1, 0.15) is 5.60 Å². The zero-order valence-corrected chi connectivity index (χ0v) is 13.6. The molecule has 2 nitrogen and oxygen atoms in total. The third-order valence-electron chi connectivity index (χ3n) is 7.74. The lowest BCUT2D eigenvalue weighted by atomic mass is 9.52. The molecule has 0 saturated heterocycles. The molecule has 0 amide bonds. The highest BCUT2D eigenvalue weighted by Gasteiger charge is 2.61. The molecule has 2 heteroatoms. The SMILES string of the molecule is C#CC1(O)CC[C@H]2[C@@H]3CCC4=C(CCC(O)C4)[C@H]3CC[C@@]21C. The van der Waals surface area contributed by atoms with Crippen molar-refractivity contribution in [3.05, 3.63) is 11.1 Å². The average molecular weight is 300 g/mol. The van der Waals surface area contributed by atoms with E-state index in [1.165, 1.54) is 12.8 Å². The van der Waals surface area contributed by atoms with Crippen LogP contribution in [-0.2, 0) is 0 Å². The second kappa shape index (κ2) is 4.86. The van der Waals surface area contributed by atoms with Gasteiger partial charge < -0.3 is 10.2 Å². The molecule has 0 aromatic carbocycles. The van der Waals surface area contributed by atoms with Crippen LogP contribution in [0.3, 0.4) is 0 Å². The van der Waals surface area contributed by atoms with Gasteiger partial charge in [-0.3, -0.25) is 0 Å². The van der Waals surface area contributed by atoms with Crippen LogP contribution in [0.1, 0.15) is 64.7 Å². The van der Waals surface area contributed by atoms with Gasteiger partial charge in [-0.25, -0.2) is 0 Å². The highest BCUT2D eigenvalue weighted by Crippen LogP contribution is 2.64. The Morgan fingerprint density at radius 2 is 1.95 bits per heavy atom. The summed E-state index contributed by atoms with van der Waals surface area (Å²) < 4.78 is 0. The van der Waals surface area contributed by atoms with Gasteiger partial charge >= 0.3 is 0 Å². The first-order valence-electron chi connectivity index (χ1n) is 9.07. The summed E-state index contributed by atoms with van der Waals surface area (Å²) in [7, 11) is 0. The fourth-order valence-electron chi connectivity index (χ4n) is 6.44. The number of aliphatic hydroxyl groups is 2. The summed E-state index contributed by atoms with van der Waals surface area (Å²) in [6, 6.07) is 0. The van der Waals surface area contributed by atoms with Crippen molar-refractivity contribution in [1.29, 1.82) is 0 Å². The maximum absolute atomic E-state index is 10.9. The molecule has 2 saturated carbocycles. The fourth-order valence-corrected chi connectivity index (χ4v) is 6.44. The molecule has 4 rings (SSSR count). The van der Waals surface area contributed by atoms with Crippen molar-refractivity contribution in [2.75, 3.05) is 0 Å². The normalized spacial score (nSPS) is 50.8. The van der Waals surface area contributed by atoms with Gasteiger partial charge in [0.15, 0.2) is 0 Å². The Morgan fingerprint density at radius 1 is 1.14 bits per heavy atom.